The molecule has 2 aromatic carbocycles. The van der Waals surface area contributed by atoms with Crippen LogP contribution in [0.25, 0.3) is 11.3 Å². The van der Waals surface area contributed by atoms with E-state index in [9.17, 15) is 9.59 Å². The average molecular weight is 648 g/mol. The number of hydrogen-bond donors (Lipinski definition) is 1. The summed E-state index contributed by atoms with van der Waals surface area (Å²) in [5, 5.41) is 6.32. The molecule has 0 bridgehead atoms. The van der Waals surface area contributed by atoms with Crippen molar-refractivity contribution in [3.05, 3.63) is 70.3 Å². The second-order valence-corrected chi connectivity index (χ2v) is 12.7. The minimum Gasteiger partial charge on any atom is -0.497 e. The average Bonchev–Trinajstić information content (AvgIpc) is 3.73. The van der Waals surface area contributed by atoms with E-state index in [1.165, 1.54) is 23.1 Å². The molecule has 2 heterocycles. The van der Waals surface area contributed by atoms with Crippen molar-refractivity contribution < 1.29 is 23.8 Å². The molecular formula is C33H37N5O5S2. The number of thiazole rings is 1. The van der Waals surface area contributed by atoms with Crippen LogP contribution in [0.4, 0.5) is 5.69 Å². The van der Waals surface area contributed by atoms with Crippen LogP contribution in [0.1, 0.15) is 42.1 Å². The molecule has 4 aromatic rings. The van der Waals surface area contributed by atoms with E-state index < -0.39 is 5.54 Å². The summed E-state index contributed by atoms with van der Waals surface area (Å²) in [7, 11) is 4.75. The normalized spacial score (nSPS) is 13.7. The van der Waals surface area contributed by atoms with Gasteiger partial charge in [-0.05, 0) is 69.2 Å². The molecule has 10 nitrogen and oxygen atoms in total. The van der Waals surface area contributed by atoms with Crippen LogP contribution in [-0.4, -0.2) is 64.3 Å². The van der Waals surface area contributed by atoms with E-state index in [0.717, 1.165) is 46.2 Å². The van der Waals surface area contributed by atoms with Gasteiger partial charge in [-0.1, -0.05) is 24.6 Å². The van der Waals surface area contributed by atoms with Crippen molar-refractivity contribution >= 4 is 40.6 Å². The van der Waals surface area contributed by atoms with Crippen LogP contribution in [0.3, 0.4) is 0 Å². The monoisotopic (exact) mass is 647 g/mol. The van der Waals surface area contributed by atoms with E-state index in [1.54, 1.807) is 44.4 Å². The molecule has 0 unspecified atom stereocenters. The number of benzene rings is 2. The standard InChI is InChI=1S/C33H37N5O5S2/c1-21-16-22(2)35-32(34-21)45-20-30(39)38(18-29-36-27(19-44-29)23-8-10-24(41-3)11-9-23)33(14-6-7-15-33)31(40)37-26-13-12-25(42-4)17-28(26)43-5/h8-13,16-17,19H,6-7,14-15,18,20H2,1-5H3,(H,37,40). The molecule has 1 fully saturated rings. The quantitative estimate of drug-likeness (QED) is 0.139. The Kier molecular flexibility index (Phi) is 10.2. The lowest BCUT2D eigenvalue weighted by Crippen LogP contribution is -2.57. The second kappa shape index (κ2) is 14.3. The van der Waals surface area contributed by atoms with Crippen molar-refractivity contribution in [2.24, 2.45) is 0 Å². The molecule has 0 spiro atoms. The first-order valence-corrected chi connectivity index (χ1v) is 16.5. The van der Waals surface area contributed by atoms with Crippen LogP contribution in [0.5, 0.6) is 17.2 Å². The van der Waals surface area contributed by atoms with Gasteiger partial charge in [-0.3, -0.25) is 9.59 Å². The van der Waals surface area contributed by atoms with E-state index in [1.807, 2.05) is 49.6 Å². The number of amides is 2. The summed E-state index contributed by atoms with van der Waals surface area (Å²) < 4.78 is 16.2. The van der Waals surface area contributed by atoms with Crippen molar-refractivity contribution in [2.45, 2.75) is 56.8 Å². The Labute approximate surface area is 271 Å². The Hall–Kier alpha value is -4.16. The number of thioether (sulfide) groups is 1. The Morgan fingerprint density at radius 3 is 2.22 bits per heavy atom. The number of rotatable bonds is 12. The lowest BCUT2D eigenvalue weighted by molar-refractivity contribution is -0.144. The number of nitrogens with one attached hydrogen (secondary N) is 1. The molecule has 12 heteroatoms. The van der Waals surface area contributed by atoms with Crippen molar-refractivity contribution in [3.63, 3.8) is 0 Å². The van der Waals surface area contributed by atoms with Crippen molar-refractivity contribution in [3.8, 4) is 28.5 Å². The van der Waals surface area contributed by atoms with Crippen LogP contribution < -0.4 is 19.5 Å². The summed E-state index contributed by atoms with van der Waals surface area (Å²) in [6, 6.07) is 14.8. The Morgan fingerprint density at radius 1 is 0.911 bits per heavy atom. The first-order valence-electron chi connectivity index (χ1n) is 14.6. The first kappa shape index (κ1) is 32.2. The van der Waals surface area contributed by atoms with E-state index in [4.69, 9.17) is 19.2 Å². The molecule has 2 aromatic heterocycles. The Balaban J connectivity index is 1.46. The minimum absolute atomic E-state index is 0.0838. The molecule has 0 aliphatic heterocycles. The SMILES string of the molecule is COc1ccc(-c2csc(CN(C(=O)CSc3nc(C)cc(C)n3)C3(C(=O)Nc4ccc(OC)cc4OC)CCCC3)n2)cc1. The van der Waals surface area contributed by atoms with Gasteiger partial charge in [0.25, 0.3) is 0 Å². The molecule has 1 aliphatic rings. The van der Waals surface area contributed by atoms with Gasteiger partial charge >= 0.3 is 0 Å². The number of nitrogens with zero attached hydrogens (tertiary/aromatic N) is 4. The van der Waals surface area contributed by atoms with Gasteiger partial charge in [0.1, 0.15) is 27.8 Å². The molecular weight excluding hydrogens is 611 g/mol. The summed E-state index contributed by atoms with van der Waals surface area (Å²) in [5.74, 6) is 1.50. The fraction of sp³-hybridized carbons (Fsp3) is 0.364. The van der Waals surface area contributed by atoms with Crippen LogP contribution in [0.2, 0.25) is 0 Å². The first-order chi connectivity index (χ1) is 21.7. The zero-order valence-corrected chi connectivity index (χ0v) is 27.7. The number of aromatic nitrogens is 3. The fourth-order valence-corrected chi connectivity index (χ4v) is 7.19. The predicted molar refractivity (Wildman–Crippen MR) is 176 cm³/mol. The lowest BCUT2D eigenvalue weighted by Gasteiger charge is -2.39. The highest BCUT2D eigenvalue weighted by atomic mass is 32.2. The molecule has 45 heavy (non-hydrogen) atoms. The zero-order chi connectivity index (χ0) is 32.0. The van der Waals surface area contributed by atoms with Gasteiger partial charge < -0.3 is 24.4 Å². The fourth-order valence-electron chi connectivity index (χ4n) is 5.57. The van der Waals surface area contributed by atoms with Gasteiger partial charge in [0.2, 0.25) is 11.8 Å². The summed E-state index contributed by atoms with van der Waals surface area (Å²) in [6.45, 7) is 4.00. The van der Waals surface area contributed by atoms with Gasteiger partial charge in [0.15, 0.2) is 5.16 Å². The number of hydrogen-bond acceptors (Lipinski definition) is 10. The maximum atomic E-state index is 14.3. The maximum Gasteiger partial charge on any atom is 0.250 e. The van der Waals surface area contributed by atoms with Crippen LogP contribution in [-0.2, 0) is 16.1 Å². The van der Waals surface area contributed by atoms with Crippen LogP contribution >= 0.6 is 23.1 Å². The highest BCUT2D eigenvalue weighted by Crippen LogP contribution is 2.40. The van der Waals surface area contributed by atoms with Gasteiger partial charge in [0, 0.05) is 28.4 Å². The van der Waals surface area contributed by atoms with Gasteiger partial charge in [0.05, 0.1) is 45.0 Å². The van der Waals surface area contributed by atoms with Crippen molar-refractivity contribution in [1.82, 2.24) is 19.9 Å². The summed E-state index contributed by atoms with van der Waals surface area (Å²) >= 11 is 2.75. The highest BCUT2D eigenvalue weighted by Gasteiger charge is 2.48. The number of carbonyl (C=O) groups excluding carboxylic acids is 2. The molecule has 0 saturated heterocycles. The lowest BCUT2D eigenvalue weighted by atomic mass is 9.93. The number of methoxy groups -OCH3 is 3. The zero-order valence-electron chi connectivity index (χ0n) is 26.1. The van der Waals surface area contributed by atoms with Gasteiger partial charge in [-0.25, -0.2) is 15.0 Å². The molecule has 1 aliphatic carbocycles. The number of ether oxygens (including phenoxy) is 3. The third-order valence-corrected chi connectivity index (χ3v) is 9.51. The Morgan fingerprint density at radius 2 is 1.58 bits per heavy atom. The van der Waals surface area contributed by atoms with E-state index in [0.29, 0.717) is 35.2 Å². The van der Waals surface area contributed by atoms with Gasteiger partial charge in [-0.2, -0.15) is 0 Å². The summed E-state index contributed by atoms with van der Waals surface area (Å²) in [6.07, 6.45) is 2.70. The number of carbonyl (C=O) groups is 2. The number of aryl methyl sites for hydroxylation is 2. The van der Waals surface area contributed by atoms with Crippen LogP contribution in [0, 0.1) is 13.8 Å². The minimum atomic E-state index is -1.07. The summed E-state index contributed by atoms with van der Waals surface area (Å²) in [4.78, 5) is 44.1. The molecule has 236 valence electrons. The topological polar surface area (TPSA) is 116 Å². The largest absolute Gasteiger partial charge is 0.497 e. The molecule has 0 atom stereocenters. The Bertz CT molecular complexity index is 1630. The number of anilines is 1. The molecule has 1 N–H and O–H groups in total. The van der Waals surface area contributed by atoms with Gasteiger partial charge in [-0.15, -0.1) is 11.3 Å². The van der Waals surface area contributed by atoms with Crippen molar-refractivity contribution in [2.75, 3.05) is 32.4 Å². The molecule has 0 radical (unpaired) electrons. The van der Waals surface area contributed by atoms with Crippen molar-refractivity contribution in [1.29, 1.82) is 0 Å². The molecule has 1 saturated carbocycles. The molecule has 2 amide bonds. The smallest absolute Gasteiger partial charge is 0.250 e. The second-order valence-electron chi connectivity index (χ2n) is 10.8. The van der Waals surface area contributed by atoms with E-state index in [-0.39, 0.29) is 24.1 Å². The van der Waals surface area contributed by atoms with E-state index >= 15 is 0 Å². The summed E-state index contributed by atoms with van der Waals surface area (Å²) in [5.41, 5.74) is 2.86. The van der Waals surface area contributed by atoms with Crippen LogP contribution in [0.15, 0.2) is 59.1 Å². The molecule has 5 rings (SSSR count). The van der Waals surface area contributed by atoms with E-state index in [2.05, 4.69) is 15.3 Å². The third kappa shape index (κ3) is 7.39. The highest BCUT2D eigenvalue weighted by molar-refractivity contribution is 7.99. The maximum absolute atomic E-state index is 14.3. The third-order valence-electron chi connectivity index (χ3n) is 7.85. The predicted octanol–water partition coefficient (Wildman–Crippen LogP) is 6.32.